The van der Waals surface area contributed by atoms with E-state index in [1.54, 1.807) is 0 Å². The van der Waals surface area contributed by atoms with E-state index < -0.39 is 0 Å². The van der Waals surface area contributed by atoms with Gasteiger partial charge in [0.2, 0.25) is 0 Å². The monoisotopic (exact) mass is 236 g/mol. The van der Waals surface area contributed by atoms with Gasteiger partial charge in [-0.1, -0.05) is 38.1 Å². The summed E-state index contributed by atoms with van der Waals surface area (Å²) in [6.07, 6.45) is 2.12. The standard InChI is InChI=1S/C14H24N2O/c1-4-11-7-9-12(10-8-11)14(16-15)13(5-2)17-6-3/h7-10,13-14,16H,4-6,15H2,1-3H3. The molecule has 1 aromatic rings. The van der Waals surface area contributed by atoms with Crippen molar-refractivity contribution >= 4 is 0 Å². The van der Waals surface area contributed by atoms with Crippen molar-refractivity contribution in [2.75, 3.05) is 6.61 Å². The highest BCUT2D eigenvalue weighted by molar-refractivity contribution is 5.25. The first-order chi connectivity index (χ1) is 8.26. The van der Waals surface area contributed by atoms with Gasteiger partial charge in [-0.05, 0) is 30.9 Å². The maximum atomic E-state index is 5.71. The number of hydrogen-bond donors (Lipinski definition) is 2. The van der Waals surface area contributed by atoms with Crippen molar-refractivity contribution in [3.8, 4) is 0 Å². The molecule has 0 aliphatic heterocycles. The number of rotatable bonds is 7. The normalized spacial score (nSPS) is 14.6. The van der Waals surface area contributed by atoms with Crippen LogP contribution < -0.4 is 11.3 Å². The van der Waals surface area contributed by atoms with Gasteiger partial charge >= 0.3 is 0 Å². The third-order valence-corrected chi connectivity index (χ3v) is 3.08. The molecule has 0 bridgehead atoms. The Morgan fingerprint density at radius 1 is 1.18 bits per heavy atom. The average molecular weight is 236 g/mol. The number of hydrogen-bond acceptors (Lipinski definition) is 3. The second-order valence-electron chi connectivity index (χ2n) is 4.14. The summed E-state index contributed by atoms with van der Waals surface area (Å²) < 4.78 is 5.71. The molecule has 0 spiro atoms. The van der Waals surface area contributed by atoms with Crippen molar-refractivity contribution in [3.05, 3.63) is 35.4 Å². The first-order valence-electron chi connectivity index (χ1n) is 6.43. The van der Waals surface area contributed by atoms with Crippen molar-refractivity contribution in [3.63, 3.8) is 0 Å². The molecule has 1 aromatic carbocycles. The molecule has 2 atom stereocenters. The number of benzene rings is 1. The lowest BCUT2D eigenvalue weighted by Gasteiger charge is -2.26. The maximum absolute atomic E-state index is 5.71. The molecule has 0 fully saturated rings. The van der Waals surface area contributed by atoms with E-state index in [0.717, 1.165) is 12.8 Å². The van der Waals surface area contributed by atoms with E-state index in [4.69, 9.17) is 10.6 Å². The van der Waals surface area contributed by atoms with Crippen molar-refractivity contribution in [1.82, 2.24) is 5.43 Å². The molecule has 3 nitrogen and oxygen atoms in total. The Kier molecular flexibility index (Phi) is 6.19. The zero-order chi connectivity index (χ0) is 12.7. The lowest BCUT2D eigenvalue weighted by Crippen LogP contribution is -2.37. The van der Waals surface area contributed by atoms with Crippen LogP contribution in [0.25, 0.3) is 0 Å². The van der Waals surface area contributed by atoms with E-state index in [0.29, 0.717) is 6.61 Å². The summed E-state index contributed by atoms with van der Waals surface area (Å²) in [5.41, 5.74) is 5.39. The third kappa shape index (κ3) is 3.80. The summed E-state index contributed by atoms with van der Waals surface area (Å²) in [4.78, 5) is 0. The molecule has 0 saturated carbocycles. The highest BCUT2D eigenvalue weighted by atomic mass is 16.5. The van der Waals surface area contributed by atoms with E-state index in [2.05, 4.69) is 43.5 Å². The number of aryl methyl sites for hydroxylation is 1. The molecular weight excluding hydrogens is 212 g/mol. The number of nitrogens with one attached hydrogen (secondary N) is 1. The van der Waals surface area contributed by atoms with Gasteiger partial charge in [-0.2, -0.15) is 0 Å². The fourth-order valence-electron chi connectivity index (χ4n) is 2.04. The van der Waals surface area contributed by atoms with Crippen LogP contribution in [0.15, 0.2) is 24.3 Å². The third-order valence-electron chi connectivity index (χ3n) is 3.08. The molecule has 0 saturated heterocycles. The van der Waals surface area contributed by atoms with E-state index in [9.17, 15) is 0 Å². The van der Waals surface area contributed by atoms with E-state index in [-0.39, 0.29) is 12.1 Å². The maximum Gasteiger partial charge on any atom is 0.0779 e. The highest BCUT2D eigenvalue weighted by Crippen LogP contribution is 2.21. The van der Waals surface area contributed by atoms with Gasteiger partial charge in [-0.15, -0.1) is 0 Å². The second kappa shape index (κ2) is 7.43. The van der Waals surface area contributed by atoms with Gasteiger partial charge in [0, 0.05) is 6.61 Å². The molecule has 3 N–H and O–H groups in total. The summed E-state index contributed by atoms with van der Waals surface area (Å²) in [5, 5.41) is 0. The molecule has 0 radical (unpaired) electrons. The quantitative estimate of drug-likeness (QED) is 0.565. The van der Waals surface area contributed by atoms with Gasteiger partial charge < -0.3 is 4.74 Å². The molecule has 0 aliphatic carbocycles. The first kappa shape index (κ1) is 14.2. The number of ether oxygens (including phenoxy) is 1. The molecule has 3 heteroatoms. The van der Waals surface area contributed by atoms with Crippen LogP contribution in [0.1, 0.15) is 44.4 Å². The van der Waals surface area contributed by atoms with Crippen LogP contribution >= 0.6 is 0 Å². The van der Waals surface area contributed by atoms with E-state index in [1.807, 2.05) is 6.92 Å². The van der Waals surface area contributed by atoms with Gasteiger partial charge in [0.15, 0.2) is 0 Å². The minimum Gasteiger partial charge on any atom is -0.376 e. The minimum atomic E-state index is 0.0610. The zero-order valence-corrected chi connectivity index (χ0v) is 11.1. The summed E-state index contributed by atoms with van der Waals surface area (Å²) in [6.45, 7) is 6.99. The van der Waals surface area contributed by atoms with Gasteiger partial charge in [0.1, 0.15) is 0 Å². The van der Waals surface area contributed by atoms with Crippen molar-refractivity contribution in [1.29, 1.82) is 0 Å². The SMILES string of the molecule is CCOC(CC)C(NN)c1ccc(CC)cc1. The van der Waals surface area contributed by atoms with Crippen LogP contribution in [0.5, 0.6) is 0 Å². The van der Waals surface area contributed by atoms with Crippen LogP contribution in [-0.2, 0) is 11.2 Å². The summed E-state index contributed by atoms with van der Waals surface area (Å²) in [5.74, 6) is 5.65. The highest BCUT2D eigenvalue weighted by Gasteiger charge is 2.20. The second-order valence-corrected chi connectivity index (χ2v) is 4.14. The Bertz CT molecular complexity index is 311. The molecular formula is C14H24N2O. The summed E-state index contributed by atoms with van der Waals surface area (Å²) >= 11 is 0. The molecule has 2 unspecified atom stereocenters. The van der Waals surface area contributed by atoms with Gasteiger partial charge in [-0.25, -0.2) is 0 Å². The van der Waals surface area contributed by atoms with Gasteiger partial charge in [0.25, 0.3) is 0 Å². The van der Waals surface area contributed by atoms with Gasteiger partial charge in [-0.3, -0.25) is 11.3 Å². The van der Waals surface area contributed by atoms with Gasteiger partial charge in [0.05, 0.1) is 12.1 Å². The molecule has 1 rings (SSSR count). The molecule has 0 amide bonds. The smallest absolute Gasteiger partial charge is 0.0779 e. The Balaban J connectivity index is 2.83. The largest absolute Gasteiger partial charge is 0.376 e. The van der Waals surface area contributed by atoms with Crippen molar-refractivity contribution in [2.24, 2.45) is 5.84 Å². The molecule has 17 heavy (non-hydrogen) atoms. The fraction of sp³-hybridized carbons (Fsp3) is 0.571. The Morgan fingerprint density at radius 3 is 2.24 bits per heavy atom. The average Bonchev–Trinajstić information content (AvgIpc) is 2.39. The zero-order valence-electron chi connectivity index (χ0n) is 11.1. The minimum absolute atomic E-state index is 0.0610. The predicted octanol–water partition coefficient (Wildman–Crippen LogP) is 2.57. The fourth-order valence-corrected chi connectivity index (χ4v) is 2.04. The van der Waals surface area contributed by atoms with Crippen LogP contribution in [0.2, 0.25) is 0 Å². The Morgan fingerprint density at radius 2 is 1.82 bits per heavy atom. The Hall–Kier alpha value is -0.900. The van der Waals surface area contributed by atoms with Crippen molar-refractivity contribution < 1.29 is 4.74 Å². The van der Waals surface area contributed by atoms with Crippen LogP contribution in [0.4, 0.5) is 0 Å². The lowest BCUT2D eigenvalue weighted by molar-refractivity contribution is 0.0314. The van der Waals surface area contributed by atoms with Crippen LogP contribution in [-0.4, -0.2) is 12.7 Å². The molecule has 0 aliphatic rings. The number of hydrazine groups is 1. The molecule has 0 heterocycles. The van der Waals surface area contributed by atoms with E-state index in [1.165, 1.54) is 11.1 Å². The summed E-state index contributed by atoms with van der Waals surface area (Å²) in [7, 11) is 0. The Labute approximate surface area is 104 Å². The predicted molar refractivity (Wildman–Crippen MR) is 71.6 cm³/mol. The summed E-state index contributed by atoms with van der Waals surface area (Å²) in [6, 6.07) is 8.62. The molecule has 0 aromatic heterocycles. The first-order valence-corrected chi connectivity index (χ1v) is 6.43. The van der Waals surface area contributed by atoms with Crippen LogP contribution in [0, 0.1) is 0 Å². The van der Waals surface area contributed by atoms with Crippen molar-refractivity contribution in [2.45, 2.75) is 45.8 Å². The number of nitrogens with two attached hydrogens (primary N) is 1. The molecule has 96 valence electrons. The lowest BCUT2D eigenvalue weighted by atomic mass is 9.98. The topological polar surface area (TPSA) is 47.3 Å². The van der Waals surface area contributed by atoms with Crippen LogP contribution in [0.3, 0.4) is 0 Å². The van der Waals surface area contributed by atoms with E-state index >= 15 is 0 Å².